The highest BCUT2D eigenvalue weighted by atomic mass is 79.9. The van der Waals surface area contributed by atoms with Gasteiger partial charge in [0.15, 0.2) is 9.84 Å². The summed E-state index contributed by atoms with van der Waals surface area (Å²) >= 11 is 3.47. The van der Waals surface area contributed by atoms with E-state index in [0.717, 1.165) is 38.5 Å². The van der Waals surface area contributed by atoms with Crippen LogP contribution in [0.3, 0.4) is 0 Å². The third kappa shape index (κ3) is 2.64. The summed E-state index contributed by atoms with van der Waals surface area (Å²) in [4.78, 5) is 0.498. The normalized spacial score (nSPS) is 19.9. The number of allylic oxidation sites excluding steroid dienone is 2. The predicted molar refractivity (Wildman–Crippen MR) is 113 cm³/mol. The number of halogens is 1. The molecular formula is C21H18BrN3O2S. The van der Waals surface area contributed by atoms with Crippen LogP contribution in [0, 0.1) is 6.92 Å². The van der Waals surface area contributed by atoms with Gasteiger partial charge in [0.05, 0.1) is 28.0 Å². The van der Waals surface area contributed by atoms with Gasteiger partial charge in [-0.2, -0.15) is 5.10 Å². The first-order valence-electron chi connectivity index (χ1n) is 9.09. The van der Waals surface area contributed by atoms with Gasteiger partial charge in [0.25, 0.3) is 0 Å². The van der Waals surface area contributed by atoms with Crippen LogP contribution in [0.2, 0.25) is 0 Å². The number of sulfone groups is 1. The number of benzene rings is 2. The van der Waals surface area contributed by atoms with Gasteiger partial charge in [0.1, 0.15) is 5.82 Å². The van der Waals surface area contributed by atoms with E-state index in [1.165, 1.54) is 0 Å². The SMILES string of the molecule is Cc1nn(-c2ccccc2)c2c1C(c1ccc(Br)cc1)C1=C(CCS1(=O)=O)N2. The lowest BCUT2D eigenvalue weighted by Gasteiger charge is -2.27. The van der Waals surface area contributed by atoms with Crippen molar-refractivity contribution >= 4 is 31.6 Å². The smallest absolute Gasteiger partial charge is 0.177 e. The third-order valence-electron chi connectivity index (χ3n) is 5.38. The van der Waals surface area contributed by atoms with Gasteiger partial charge in [-0.1, -0.05) is 46.3 Å². The summed E-state index contributed by atoms with van der Waals surface area (Å²) in [6.45, 7) is 1.94. The number of hydrogen-bond acceptors (Lipinski definition) is 4. The molecule has 0 radical (unpaired) electrons. The minimum absolute atomic E-state index is 0.153. The predicted octanol–water partition coefficient (Wildman–Crippen LogP) is 4.53. The molecule has 0 aliphatic carbocycles. The largest absolute Gasteiger partial charge is 0.342 e. The molecule has 0 amide bonds. The Morgan fingerprint density at radius 1 is 1.11 bits per heavy atom. The van der Waals surface area contributed by atoms with Crippen LogP contribution >= 0.6 is 15.9 Å². The Labute approximate surface area is 172 Å². The first kappa shape index (κ1) is 17.7. The quantitative estimate of drug-likeness (QED) is 0.616. The fourth-order valence-electron chi connectivity index (χ4n) is 4.14. The molecule has 0 saturated heterocycles. The molecule has 28 heavy (non-hydrogen) atoms. The van der Waals surface area contributed by atoms with Crippen LogP contribution in [0.4, 0.5) is 5.82 Å². The Balaban J connectivity index is 1.78. The van der Waals surface area contributed by atoms with Crippen molar-refractivity contribution in [3.63, 3.8) is 0 Å². The Hall–Kier alpha value is -2.38. The molecule has 2 aromatic carbocycles. The number of nitrogens with zero attached hydrogens (tertiary/aromatic N) is 2. The van der Waals surface area contributed by atoms with E-state index in [9.17, 15) is 8.42 Å². The highest BCUT2D eigenvalue weighted by molar-refractivity contribution is 9.10. The maximum atomic E-state index is 12.9. The van der Waals surface area contributed by atoms with Gasteiger partial charge in [-0.25, -0.2) is 13.1 Å². The zero-order chi connectivity index (χ0) is 19.5. The van der Waals surface area contributed by atoms with E-state index >= 15 is 0 Å². The number of hydrogen-bond donors (Lipinski definition) is 1. The maximum absolute atomic E-state index is 12.9. The van der Waals surface area contributed by atoms with Gasteiger partial charge < -0.3 is 5.32 Å². The lowest BCUT2D eigenvalue weighted by molar-refractivity contribution is 0.602. The van der Waals surface area contributed by atoms with Crippen LogP contribution in [0.1, 0.15) is 29.2 Å². The van der Waals surface area contributed by atoms with Crippen molar-refractivity contribution in [3.8, 4) is 5.69 Å². The van der Waals surface area contributed by atoms with E-state index < -0.39 is 9.84 Å². The van der Waals surface area contributed by atoms with Gasteiger partial charge >= 0.3 is 0 Å². The number of aryl methyl sites for hydroxylation is 1. The van der Waals surface area contributed by atoms with Crippen LogP contribution in [0.25, 0.3) is 5.69 Å². The fraction of sp³-hybridized carbons (Fsp3) is 0.190. The summed E-state index contributed by atoms with van der Waals surface area (Å²) in [5, 5.41) is 8.16. The van der Waals surface area contributed by atoms with Crippen molar-refractivity contribution in [1.29, 1.82) is 0 Å². The molecule has 3 heterocycles. The summed E-state index contributed by atoms with van der Waals surface area (Å²) in [6.07, 6.45) is 0.503. The zero-order valence-electron chi connectivity index (χ0n) is 15.2. The molecular weight excluding hydrogens is 438 g/mol. The maximum Gasteiger partial charge on any atom is 0.177 e. The van der Waals surface area contributed by atoms with Crippen LogP contribution in [-0.4, -0.2) is 24.0 Å². The lowest BCUT2D eigenvalue weighted by atomic mass is 9.87. The van der Waals surface area contributed by atoms with Crippen LogP contribution in [0.15, 0.2) is 69.7 Å². The van der Waals surface area contributed by atoms with Crippen molar-refractivity contribution in [1.82, 2.24) is 9.78 Å². The van der Waals surface area contributed by atoms with Crippen molar-refractivity contribution in [2.24, 2.45) is 0 Å². The van der Waals surface area contributed by atoms with Crippen LogP contribution in [-0.2, 0) is 9.84 Å². The van der Waals surface area contributed by atoms with Crippen LogP contribution < -0.4 is 5.32 Å². The zero-order valence-corrected chi connectivity index (χ0v) is 17.6. The van der Waals surface area contributed by atoms with E-state index in [-0.39, 0.29) is 11.7 Å². The van der Waals surface area contributed by atoms with Crippen molar-refractivity contribution < 1.29 is 8.42 Å². The van der Waals surface area contributed by atoms with Crippen molar-refractivity contribution in [2.75, 3.05) is 11.1 Å². The summed E-state index contributed by atoms with van der Waals surface area (Å²) in [7, 11) is -3.30. The van der Waals surface area contributed by atoms with E-state index in [1.807, 2.05) is 66.2 Å². The van der Waals surface area contributed by atoms with E-state index in [2.05, 4.69) is 21.2 Å². The number of rotatable bonds is 2. The number of nitrogens with one attached hydrogen (secondary N) is 1. The third-order valence-corrected chi connectivity index (χ3v) is 7.81. The van der Waals surface area contributed by atoms with E-state index in [4.69, 9.17) is 5.10 Å². The van der Waals surface area contributed by atoms with Crippen molar-refractivity contribution in [2.45, 2.75) is 19.3 Å². The molecule has 1 aromatic heterocycles. The molecule has 3 aromatic rings. The second-order valence-electron chi connectivity index (χ2n) is 7.12. The highest BCUT2D eigenvalue weighted by Gasteiger charge is 2.43. The molecule has 2 aliphatic heterocycles. The standard InChI is InChI=1S/C21H18BrN3O2S/c1-13-18-19(14-7-9-15(22)10-8-14)20-17(11-12-28(20,26)27)23-21(18)25(24-13)16-5-3-2-4-6-16/h2-10,19,23H,11-12H2,1H3. The summed E-state index contributed by atoms with van der Waals surface area (Å²) in [6, 6.07) is 17.8. The highest BCUT2D eigenvalue weighted by Crippen LogP contribution is 2.49. The Kier molecular flexibility index (Phi) is 4.00. The molecule has 142 valence electrons. The minimum atomic E-state index is -3.30. The average molecular weight is 456 g/mol. The number of para-hydroxylation sites is 1. The number of fused-ring (bicyclic) bond motifs is 1. The van der Waals surface area contributed by atoms with E-state index in [0.29, 0.717) is 11.3 Å². The molecule has 0 saturated carbocycles. The minimum Gasteiger partial charge on any atom is -0.342 e. The molecule has 0 fully saturated rings. The second kappa shape index (κ2) is 6.32. The van der Waals surface area contributed by atoms with Gasteiger partial charge in [0.2, 0.25) is 0 Å². The van der Waals surface area contributed by atoms with Gasteiger partial charge in [-0.05, 0) is 36.8 Å². The van der Waals surface area contributed by atoms with Gasteiger partial charge in [-0.3, -0.25) is 0 Å². The molecule has 1 unspecified atom stereocenters. The topological polar surface area (TPSA) is 64.0 Å². The molecule has 7 heteroatoms. The molecule has 0 spiro atoms. The fourth-order valence-corrected chi connectivity index (χ4v) is 6.24. The molecule has 5 rings (SSSR count). The molecule has 1 N–H and O–H groups in total. The molecule has 1 atom stereocenters. The monoisotopic (exact) mass is 455 g/mol. The average Bonchev–Trinajstić information content (AvgIpc) is 3.19. The Morgan fingerprint density at radius 2 is 1.82 bits per heavy atom. The summed E-state index contributed by atoms with van der Waals surface area (Å²) < 4.78 is 28.7. The van der Waals surface area contributed by atoms with Crippen LogP contribution in [0.5, 0.6) is 0 Å². The molecule has 2 aliphatic rings. The first-order valence-corrected chi connectivity index (χ1v) is 11.5. The van der Waals surface area contributed by atoms with E-state index in [1.54, 1.807) is 0 Å². The molecule has 5 nitrogen and oxygen atoms in total. The second-order valence-corrected chi connectivity index (χ2v) is 10.1. The molecule has 0 bridgehead atoms. The van der Waals surface area contributed by atoms with Gasteiger partial charge in [-0.15, -0.1) is 0 Å². The lowest BCUT2D eigenvalue weighted by Crippen LogP contribution is -2.20. The summed E-state index contributed by atoms with van der Waals surface area (Å²) in [5.74, 6) is 0.663. The van der Waals surface area contributed by atoms with Gasteiger partial charge in [0, 0.05) is 22.2 Å². The Morgan fingerprint density at radius 3 is 2.54 bits per heavy atom. The first-order chi connectivity index (χ1) is 13.5. The van der Waals surface area contributed by atoms with Crippen molar-refractivity contribution in [3.05, 3.63) is 86.5 Å². The summed E-state index contributed by atoms with van der Waals surface area (Å²) in [5.41, 5.74) is 4.44. The number of aromatic nitrogens is 2. The number of anilines is 1. The Bertz CT molecular complexity index is 1210.